The molecule has 0 unspecified atom stereocenters. The molecule has 1 saturated heterocycles. The Morgan fingerprint density at radius 2 is 1.48 bits per heavy atom. The number of benzene rings is 2. The van der Waals surface area contributed by atoms with E-state index in [4.69, 9.17) is 10.5 Å². The van der Waals surface area contributed by atoms with E-state index < -0.39 is 10.0 Å². The molecule has 2 aromatic carbocycles. The highest BCUT2D eigenvalue weighted by molar-refractivity contribution is 7.89. The Hall–Kier alpha value is -3.20. The third kappa shape index (κ3) is 4.80. The van der Waals surface area contributed by atoms with Gasteiger partial charge in [0, 0.05) is 25.6 Å². The van der Waals surface area contributed by atoms with Crippen molar-refractivity contribution >= 4 is 15.9 Å². The fraction of sp³-hybridized carbons (Fsp3) is 0.286. The van der Waals surface area contributed by atoms with Crippen molar-refractivity contribution in [3.63, 3.8) is 0 Å². The maximum atomic E-state index is 12.7. The summed E-state index contributed by atoms with van der Waals surface area (Å²) in [7, 11) is -3.63. The lowest BCUT2D eigenvalue weighted by atomic mass is 9.97. The summed E-state index contributed by atoms with van der Waals surface area (Å²) in [5.41, 5.74) is 1.87. The van der Waals surface area contributed by atoms with Crippen molar-refractivity contribution in [2.45, 2.75) is 24.3 Å². The molecule has 7 nitrogen and oxygen atoms in total. The van der Waals surface area contributed by atoms with Crippen LogP contribution in [0.1, 0.15) is 29.5 Å². The van der Waals surface area contributed by atoms with Crippen molar-refractivity contribution < 1.29 is 13.2 Å². The van der Waals surface area contributed by atoms with E-state index in [2.05, 4.69) is 5.32 Å². The highest BCUT2D eigenvalue weighted by Crippen LogP contribution is 2.24. The van der Waals surface area contributed by atoms with Gasteiger partial charge in [0.2, 0.25) is 15.9 Å². The van der Waals surface area contributed by atoms with Gasteiger partial charge in [0.15, 0.2) is 0 Å². The monoisotopic (exact) mass is 408 g/mol. The molecule has 0 aromatic heterocycles. The van der Waals surface area contributed by atoms with Crippen LogP contribution in [-0.4, -0.2) is 31.7 Å². The topological polar surface area (TPSA) is 114 Å². The number of carbonyl (C=O) groups excluding carboxylic acids is 1. The number of amides is 1. The van der Waals surface area contributed by atoms with Crippen molar-refractivity contribution in [3.8, 4) is 12.1 Å². The fourth-order valence-corrected chi connectivity index (χ4v) is 4.71. The smallest absolute Gasteiger partial charge is 0.243 e. The maximum Gasteiger partial charge on any atom is 0.243 e. The molecule has 3 rings (SSSR count). The summed E-state index contributed by atoms with van der Waals surface area (Å²) in [6, 6.07) is 16.8. The van der Waals surface area contributed by atoms with Crippen LogP contribution < -0.4 is 5.32 Å². The van der Waals surface area contributed by atoms with E-state index in [9.17, 15) is 13.2 Å². The molecule has 0 radical (unpaired) electrons. The van der Waals surface area contributed by atoms with Crippen LogP contribution in [0.2, 0.25) is 0 Å². The van der Waals surface area contributed by atoms with Crippen molar-refractivity contribution in [3.05, 3.63) is 65.2 Å². The highest BCUT2D eigenvalue weighted by atomic mass is 32.2. The number of carbonyl (C=O) groups is 1. The standard InChI is InChI=1S/C21H20N4O3S/c22-13-16-1-3-18(4-2-16)15-24-21(26)19-9-11-25(12-10-19)29(27,28)20-7-5-17(14-23)6-8-20/h1-8,19H,9-12,15H2,(H,24,26). The highest BCUT2D eigenvalue weighted by Gasteiger charge is 2.32. The summed E-state index contributed by atoms with van der Waals surface area (Å²) in [5.74, 6) is -0.328. The quantitative estimate of drug-likeness (QED) is 0.814. The largest absolute Gasteiger partial charge is 0.352 e. The number of hydrogen-bond donors (Lipinski definition) is 1. The Labute approximate surface area is 170 Å². The molecule has 2 aromatic rings. The Kier molecular flexibility index (Phi) is 6.28. The summed E-state index contributed by atoms with van der Waals surface area (Å²) in [4.78, 5) is 12.6. The Balaban J connectivity index is 1.54. The SMILES string of the molecule is N#Cc1ccc(CNC(=O)C2CCN(S(=O)(=O)c3ccc(C#N)cc3)CC2)cc1. The molecule has 1 heterocycles. The van der Waals surface area contributed by atoms with Gasteiger partial charge >= 0.3 is 0 Å². The maximum absolute atomic E-state index is 12.7. The second-order valence-electron chi connectivity index (χ2n) is 6.84. The van der Waals surface area contributed by atoms with Crippen molar-refractivity contribution in [2.75, 3.05) is 13.1 Å². The number of rotatable bonds is 5. The molecule has 29 heavy (non-hydrogen) atoms. The van der Waals surface area contributed by atoms with E-state index in [0.29, 0.717) is 30.5 Å². The summed E-state index contributed by atoms with van der Waals surface area (Å²) < 4.78 is 26.9. The number of nitrogens with zero attached hydrogens (tertiary/aromatic N) is 3. The molecule has 1 aliphatic rings. The van der Waals surface area contributed by atoms with E-state index in [1.807, 2.05) is 12.1 Å². The first-order valence-electron chi connectivity index (χ1n) is 9.21. The van der Waals surface area contributed by atoms with Crippen LogP contribution in [0, 0.1) is 28.6 Å². The summed E-state index contributed by atoms with van der Waals surface area (Å²) >= 11 is 0. The number of sulfonamides is 1. The predicted molar refractivity (Wildman–Crippen MR) is 106 cm³/mol. The average Bonchev–Trinajstić information content (AvgIpc) is 2.78. The van der Waals surface area contributed by atoms with Crippen LogP contribution in [-0.2, 0) is 21.4 Å². The van der Waals surface area contributed by atoms with Crippen LogP contribution in [0.25, 0.3) is 0 Å². The first kappa shape index (κ1) is 20.5. The minimum absolute atomic E-state index is 0.0928. The molecule has 1 N–H and O–H groups in total. The van der Waals surface area contributed by atoms with Gasteiger partial charge in [-0.15, -0.1) is 0 Å². The molecule has 1 amide bonds. The zero-order valence-corrected chi connectivity index (χ0v) is 16.5. The molecule has 0 saturated carbocycles. The van der Waals surface area contributed by atoms with Gasteiger partial charge < -0.3 is 5.32 Å². The zero-order chi connectivity index (χ0) is 20.9. The zero-order valence-electron chi connectivity index (χ0n) is 15.7. The average molecular weight is 408 g/mol. The molecule has 8 heteroatoms. The van der Waals surface area contributed by atoms with Gasteiger partial charge in [0.25, 0.3) is 0 Å². The summed E-state index contributed by atoms with van der Waals surface area (Å²) in [6.07, 6.45) is 0.906. The van der Waals surface area contributed by atoms with E-state index in [-0.39, 0.29) is 29.8 Å². The Morgan fingerprint density at radius 1 is 0.966 bits per heavy atom. The van der Waals surface area contributed by atoms with Gasteiger partial charge in [-0.3, -0.25) is 4.79 Å². The fourth-order valence-electron chi connectivity index (χ4n) is 3.24. The molecule has 0 aliphatic carbocycles. The number of nitrogens with one attached hydrogen (secondary N) is 1. The molecule has 0 spiro atoms. The van der Waals surface area contributed by atoms with Crippen molar-refractivity contribution in [1.29, 1.82) is 10.5 Å². The van der Waals surface area contributed by atoms with Gasteiger partial charge in [0.05, 0.1) is 28.2 Å². The van der Waals surface area contributed by atoms with Crippen LogP contribution in [0.5, 0.6) is 0 Å². The Bertz CT molecular complexity index is 1060. The molecule has 1 aliphatic heterocycles. The normalized spacial score (nSPS) is 15.2. The van der Waals surface area contributed by atoms with Crippen LogP contribution in [0.15, 0.2) is 53.4 Å². The van der Waals surface area contributed by atoms with Gasteiger partial charge in [-0.2, -0.15) is 14.8 Å². The third-order valence-electron chi connectivity index (χ3n) is 5.00. The van der Waals surface area contributed by atoms with Crippen molar-refractivity contribution in [1.82, 2.24) is 9.62 Å². The molecular formula is C21H20N4O3S. The second-order valence-corrected chi connectivity index (χ2v) is 8.78. The minimum Gasteiger partial charge on any atom is -0.352 e. The summed E-state index contributed by atoms with van der Waals surface area (Å²) in [6.45, 7) is 0.920. The lowest BCUT2D eigenvalue weighted by molar-refractivity contribution is -0.126. The van der Waals surface area contributed by atoms with Gasteiger partial charge in [-0.25, -0.2) is 8.42 Å². The van der Waals surface area contributed by atoms with Gasteiger partial charge in [0.1, 0.15) is 0 Å². The molecule has 1 fully saturated rings. The number of piperidine rings is 1. The lowest BCUT2D eigenvalue weighted by Crippen LogP contribution is -2.42. The number of hydrogen-bond acceptors (Lipinski definition) is 5. The lowest BCUT2D eigenvalue weighted by Gasteiger charge is -2.30. The second kappa shape index (κ2) is 8.87. The summed E-state index contributed by atoms with van der Waals surface area (Å²) in [5, 5.41) is 20.5. The van der Waals surface area contributed by atoms with Crippen LogP contribution in [0.4, 0.5) is 0 Å². The minimum atomic E-state index is -3.63. The third-order valence-corrected chi connectivity index (χ3v) is 6.91. The van der Waals surface area contributed by atoms with Crippen molar-refractivity contribution in [2.24, 2.45) is 5.92 Å². The predicted octanol–water partition coefficient (Wildman–Crippen LogP) is 2.15. The molecule has 0 bridgehead atoms. The first-order chi connectivity index (χ1) is 13.9. The Morgan fingerprint density at radius 3 is 2.00 bits per heavy atom. The van der Waals surface area contributed by atoms with Crippen LogP contribution >= 0.6 is 0 Å². The van der Waals surface area contributed by atoms with E-state index >= 15 is 0 Å². The molecule has 0 atom stereocenters. The van der Waals surface area contributed by atoms with Gasteiger partial charge in [-0.1, -0.05) is 12.1 Å². The molecular weight excluding hydrogens is 388 g/mol. The van der Waals surface area contributed by atoms with Crippen LogP contribution in [0.3, 0.4) is 0 Å². The number of nitriles is 2. The van der Waals surface area contributed by atoms with Gasteiger partial charge in [-0.05, 0) is 54.8 Å². The first-order valence-corrected chi connectivity index (χ1v) is 10.6. The van der Waals surface area contributed by atoms with E-state index in [1.54, 1.807) is 24.3 Å². The molecule has 148 valence electrons. The van der Waals surface area contributed by atoms with E-state index in [0.717, 1.165) is 5.56 Å². The van der Waals surface area contributed by atoms with E-state index in [1.165, 1.54) is 28.6 Å².